The average Bonchev–Trinajstić information content (AvgIpc) is 2.01. The van der Waals surface area contributed by atoms with Crippen molar-refractivity contribution in [1.29, 1.82) is 0 Å². The van der Waals surface area contributed by atoms with Gasteiger partial charge in [0.05, 0.1) is 0 Å². The van der Waals surface area contributed by atoms with Crippen LogP contribution in [0.15, 0.2) is 0 Å². The third-order valence-corrected chi connectivity index (χ3v) is 2.23. The molecule has 68 valence electrons. The Kier molecular flexibility index (Phi) is 6.63. The van der Waals surface area contributed by atoms with Crippen LogP contribution in [0, 0.1) is 0 Å². The van der Waals surface area contributed by atoms with Crippen molar-refractivity contribution in [2.24, 2.45) is 0 Å². The molecule has 0 aliphatic carbocycles. The zero-order valence-corrected chi connectivity index (χ0v) is 8.48. The summed E-state index contributed by atoms with van der Waals surface area (Å²) >= 11 is 0. The van der Waals surface area contributed by atoms with Gasteiger partial charge >= 0.3 is 0 Å². The van der Waals surface area contributed by atoms with Crippen molar-refractivity contribution in [3.8, 4) is 0 Å². The summed E-state index contributed by atoms with van der Waals surface area (Å²) in [6.45, 7) is 9.02. The topological polar surface area (TPSA) is 12.0 Å². The third-order valence-electron chi connectivity index (χ3n) is 2.23. The number of hydrogen-bond donors (Lipinski definition) is 1. The molecule has 0 aromatic rings. The lowest BCUT2D eigenvalue weighted by atomic mass is 10.1. The molecule has 1 unspecified atom stereocenters. The molecule has 0 aromatic carbocycles. The fourth-order valence-corrected chi connectivity index (χ4v) is 1.44. The van der Waals surface area contributed by atoms with Crippen molar-refractivity contribution in [3.63, 3.8) is 0 Å². The Labute approximate surface area is 71.6 Å². The molecule has 1 atom stereocenters. The van der Waals surface area contributed by atoms with E-state index < -0.39 is 0 Å². The number of rotatable bonds is 6. The minimum Gasteiger partial charge on any atom is -0.312 e. The van der Waals surface area contributed by atoms with E-state index in [1.165, 1.54) is 25.7 Å². The molecule has 1 heteroatoms. The first-order valence-electron chi connectivity index (χ1n) is 5.00. The summed E-state index contributed by atoms with van der Waals surface area (Å²) in [6, 6.07) is 1.43. The number of nitrogens with one attached hydrogen (secondary N) is 1. The van der Waals surface area contributed by atoms with Crippen molar-refractivity contribution in [2.45, 2.75) is 65.5 Å². The van der Waals surface area contributed by atoms with E-state index in [1.807, 2.05) is 0 Å². The standard InChI is InChI=1S/C10H23N/c1-5-8-9(4)11-10(6-2)7-3/h9-11H,5-8H2,1-4H3. The molecule has 1 nitrogen and oxygen atoms in total. The summed E-state index contributed by atoms with van der Waals surface area (Å²) in [6.07, 6.45) is 5.10. The van der Waals surface area contributed by atoms with Gasteiger partial charge in [-0.25, -0.2) is 0 Å². The van der Waals surface area contributed by atoms with Gasteiger partial charge in [0.25, 0.3) is 0 Å². The summed E-state index contributed by atoms with van der Waals surface area (Å²) < 4.78 is 0. The molecule has 1 N–H and O–H groups in total. The first-order valence-corrected chi connectivity index (χ1v) is 5.00. The quantitative estimate of drug-likeness (QED) is 0.625. The smallest absolute Gasteiger partial charge is 0.00642 e. The third kappa shape index (κ3) is 5.25. The highest BCUT2D eigenvalue weighted by atomic mass is 14.9. The molecule has 0 aromatic heterocycles. The molecule has 0 amide bonds. The molecule has 0 saturated heterocycles. The summed E-state index contributed by atoms with van der Waals surface area (Å²) in [4.78, 5) is 0. The minimum absolute atomic E-state index is 0.699. The molecule has 0 bridgehead atoms. The van der Waals surface area contributed by atoms with Crippen LogP contribution in [0.1, 0.15) is 53.4 Å². The van der Waals surface area contributed by atoms with Crippen LogP contribution < -0.4 is 5.32 Å². The zero-order valence-electron chi connectivity index (χ0n) is 8.48. The highest BCUT2D eigenvalue weighted by Crippen LogP contribution is 2.01. The summed E-state index contributed by atoms with van der Waals surface area (Å²) in [5, 5.41) is 3.62. The summed E-state index contributed by atoms with van der Waals surface area (Å²) in [5.41, 5.74) is 0. The van der Waals surface area contributed by atoms with Crippen LogP contribution in [0.4, 0.5) is 0 Å². The normalized spacial score (nSPS) is 13.9. The van der Waals surface area contributed by atoms with E-state index in [2.05, 4.69) is 33.0 Å². The van der Waals surface area contributed by atoms with Gasteiger partial charge in [0.2, 0.25) is 0 Å². The molecule has 0 fully saturated rings. The van der Waals surface area contributed by atoms with E-state index in [9.17, 15) is 0 Å². The lowest BCUT2D eigenvalue weighted by Gasteiger charge is -2.20. The fraction of sp³-hybridized carbons (Fsp3) is 1.00. The zero-order chi connectivity index (χ0) is 8.69. The van der Waals surface area contributed by atoms with Crippen molar-refractivity contribution < 1.29 is 0 Å². The van der Waals surface area contributed by atoms with Gasteiger partial charge < -0.3 is 5.32 Å². The Hall–Kier alpha value is -0.0400. The van der Waals surface area contributed by atoms with Crippen LogP contribution in [-0.4, -0.2) is 12.1 Å². The van der Waals surface area contributed by atoms with Crippen molar-refractivity contribution in [2.75, 3.05) is 0 Å². The van der Waals surface area contributed by atoms with E-state index in [-0.39, 0.29) is 0 Å². The molecule has 0 radical (unpaired) electrons. The van der Waals surface area contributed by atoms with Crippen LogP contribution in [0.2, 0.25) is 0 Å². The van der Waals surface area contributed by atoms with E-state index in [0.29, 0.717) is 6.04 Å². The highest BCUT2D eigenvalue weighted by Gasteiger charge is 2.06. The maximum atomic E-state index is 3.62. The van der Waals surface area contributed by atoms with E-state index in [0.717, 1.165) is 6.04 Å². The van der Waals surface area contributed by atoms with Crippen LogP contribution in [0.5, 0.6) is 0 Å². The van der Waals surface area contributed by atoms with Gasteiger partial charge in [-0.1, -0.05) is 27.2 Å². The van der Waals surface area contributed by atoms with Crippen LogP contribution in [0.3, 0.4) is 0 Å². The Bertz CT molecular complexity index is 76.9. The lowest BCUT2D eigenvalue weighted by Crippen LogP contribution is -2.35. The first kappa shape index (κ1) is 11.0. The van der Waals surface area contributed by atoms with Gasteiger partial charge in [0, 0.05) is 12.1 Å². The maximum Gasteiger partial charge on any atom is 0.00642 e. The monoisotopic (exact) mass is 157 g/mol. The molecule has 0 spiro atoms. The molecule has 11 heavy (non-hydrogen) atoms. The SMILES string of the molecule is CCCC(C)NC(CC)CC. The molecule has 0 aliphatic rings. The predicted octanol–water partition coefficient (Wildman–Crippen LogP) is 2.95. The molecular weight excluding hydrogens is 134 g/mol. The van der Waals surface area contributed by atoms with Gasteiger partial charge in [-0.05, 0) is 26.2 Å². The lowest BCUT2D eigenvalue weighted by molar-refractivity contribution is 0.406. The summed E-state index contributed by atoms with van der Waals surface area (Å²) in [5.74, 6) is 0. The van der Waals surface area contributed by atoms with Crippen LogP contribution in [-0.2, 0) is 0 Å². The Morgan fingerprint density at radius 3 is 2.00 bits per heavy atom. The summed E-state index contributed by atoms with van der Waals surface area (Å²) in [7, 11) is 0. The second kappa shape index (κ2) is 6.66. The molecule has 0 aliphatic heterocycles. The Morgan fingerprint density at radius 2 is 1.64 bits per heavy atom. The van der Waals surface area contributed by atoms with Gasteiger partial charge in [0.15, 0.2) is 0 Å². The average molecular weight is 157 g/mol. The molecular formula is C10H23N. The van der Waals surface area contributed by atoms with Crippen molar-refractivity contribution >= 4 is 0 Å². The highest BCUT2D eigenvalue weighted by molar-refractivity contribution is 4.67. The molecule has 0 saturated carbocycles. The van der Waals surface area contributed by atoms with Crippen molar-refractivity contribution in [1.82, 2.24) is 5.32 Å². The van der Waals surface area contributed by atoms with E-state index in [4.69, 9.17) is 0 Å². The van der Waals surface area contributed by atoms with Gasteiger partial charge in [-0.15, -0.1) is 0 Å². The molecule has 0 heterocycles. The second-order valence-electron chi connectivity index (χ2n) is 3.37. The van der Waals surface area contributed by atoms with Gasteiger partial charge in [-0.2, -0.15) is 0 Å². The van der Waals surface area contributed by atoms with Crippen LogP contribution in [0.25, 0.3) is 0 Å². The fourth-order valence-electron chi connectivity index (χ4n) is 1.44. The first-order chi connectivity index (χ1) is 5.24. The van der Waals surface area contributed by atoms with Crippen molar-refractivity contribution in [3.05, 3.63) is 0 Å². The predicted molar refractivity (Wildman–Crippen MR) is 51.9 cm³/mol. The second-order valence-corrected chi connectivity index (χ2v) is 3.37. The largest absolute Gasteiger partial charge is 0.312 e. The number of hydrogen-bond acceptors (Lipinski definition) is 1. The molecule has 0 rings (SSSR count). The van der Waals surface area contributed by atoms with E-state index >= 15 is 0 Å². The van der Waals surface area contributed by atoms with Gasteiger partial charge in [0.1, 0.15) is 0 Å². The van der Waals surface area contributed by atoms with Gasteiger partial charge in [-0.3, -0.25) is 0 Å². The Morgan fingerprint density at radius 1 is 1.09 bits per heavy atom. The van der Waals surface area contributed by atoms with Crippen LogP contribution >= 0.6 is 0 Å². The minimum atomic E-state index is 0.699. The Balaban J connectivity index is 3.44. The van der Waals surface area contributed by atoms with E-state index in [1.54, 1.807) is 0 Å². The maximum absolute atomic E-state index is 3.62.